The van der Waals surface area contributed by atoms with E-state index in [-0.39, 0.29) is 11.8 Å². The molecule has 1 fully saturated rings. The molecular formula is C11H14BNO3. The largest absolute Gasteiger partial charge is 0.488 e. The van der Waals surface area contributed by atoms with Crippen LogP contribution < -0.4 is 10.8 Å². The Bertz CT molecular complexity index is 391. The number of hydrogen-bond acceptors (Lipinski definition) is 3. The molecule has 2 rings (SSSR count). The van der Waals surface area contributed by atoms with Gasteiger partial charge in [0.1, 0.15) is 0 Å². The molecule has 84 valence electrons. The van der Waals surface area contributed by atoms with Gasteiger partial charge in [-0.2, -0.15) is 0 Å². The van der Waals surface area contributed by atoms with Gasteiger partial charge in [0.15, 0.2) is 0 Å². The third kappa shape index (κ3) is 2.84. The van der Waals surface area contributed by atoms with Crippen molar-refractivity contribution in [1.29, 1.82) is 0 Å². The van der Waals surface area contributed by atoms with Crippen molar-refractivity contribution >= 4 is 18.5 Å². The van der Waals surface area contributed by atoms with Crippen molar-refractivity contribution in [2.24, 2.45) is 5.92 Å². The minimum atomic E-state index is -1.46. The molecule has 1 amide bonds. The predicted octanol–water partition coefficient (Wildman–Crippen LogP) is -0.607. The fourth-order valence-electron chi connectivity index (χ4n) is 1.54. The first-order valence-corrected chi connectivity index (χ1v) is 5.39. The van der Waals surface area contributed by atoms with Gasteiger partial charge in [0.2, 0.25) is 5.91 Å². The summed E-state index contributed by atoms with van der Waals surface area (Å²) in [6.07, 6.45) is 1.97. The average Bonchev–Trinajstić information content (AvgIpc) is 3.10. The third-order valence-corrected chi connectivity index (χ3v) is 2.66. The van der Waals surface area contributed by atoms with Gasteiger partial charge in [-0.25, -0.2) is 0 Å². The summed E-state index contributed by atoms with van der Waals surface area (Å²) in [5.74, 6) is 0.293. The van der Waals surface area contributed by atoms with Crippen LogP contribution in [0.25, 0.3) is 0 Å². The Morgan fingerprint density at radius 2 is 2.19 bits per heavy atom. The van der Waals surface area contributed by atoms with Gasteiger partial charge in [0, 0.05) is 12.5 Å². The number of hydrogen-bond donors (Lipinski definition) is 3. The zero-order valence-corrected chi connectivity index (χ0v) is 8.89. The van der Waals surface area contributed by atoms with Gasteiger partial charge >= 0.3 is 7.12 Å². The highest BCUT2D eigenvalue weighted by Crippen LogP contribution is 2.28. The molecule has 0 unspecified atom stereocenters. The summed E-state index contributed by atoms with van der Waals surface area (Å²) >= 11 is 0. The molecule has 0 aliphatic heterocycles. The van der Waals surface area contributed by atoms with Crippen molar-refractivity contribution in [3.8, 4) is 0 Å². The molecule has 0 heterocycles. The molecule has 5 heteroatoms. The van der Waals surface area contributed by atoms with Gasteiger partial charge in [-0.15, -0.1) is 0 Å². The Hall–Kier alpha value is -1.33. The quantitative estimate of drug-likeness (QED) is 0.592. The van der Waals surface area contributed by atoms with Crippen LogP contribution in [0.1, 0.15) is 18.4 Å². The summed E-state index contributed by atoms with van der Waals surface area (Å²) in [5.41, 5.74) is 1.32. The highest BCUT2D eigenvalue weighted by Gasteiger charge is 2.29. The van der Waals surface area contributed by atoms with Crippen LogP contribution in [0.3, 0.4) is 0 Å². The first-order chi connectivity index (χ1) is 7.66. The number of carbonyl (C=O) groups is 1. The Kier molecular flexibility index (Phi) is 3.26. The molecular weight excluding hydrogens is 205 g/mol. The van der Waals surface area contributed by atoms with E-state index in [1.54, 1.807) is 18.2 Å². The first-order valence-electron chi connectivity index (χ1n) is 5.39. The van der Waals surface area contributed by atoms with E-state index in [0.717, 1.165) is 18.4 Å². The molecule has 0 spiro atoms. The molecule has 16 heavy (non-hydrogen) atoms. The second-order valence-electron chi connectivity index (χ2n) is 4.11. The second-order valence-corrected chi connectivity index (χ2v) is 4.11. The molecule has 4 nitrogen and oxygen atoms in total. The Labute approximate surface area is 94.4 Å². The second kappa shape index (κ2) is 4.68. The van der Waals surface area contributed by atoms with Gasteiger partial charge in [0.25, 0.3) is 0 Å². The lowest BCUT2D eigenvalue weighted by atomic mass is 9.79. The van der Waals surface area contributed by atoms with Gasteiger partial charge in [0.05, 0.1) is 0 Å². The molecule has 1 saturated carbocycles. The summed E-state index contributed by atoms with van der Waals surface area (Å²) in [4.78, 5) is 11.4. The molecule has 1 aliphatic carbocycles. The van der Waals surface area contributed by atoms with Gasteiger partial charge in [-0.3, -0.25) is 4.79 Å². The third-order valence-electron chi connectivity index (χ3n) is 2.66. The van der Waals surface area contributed by atoms with E-state index in [0.29, 0.717) is 12.0 Å². The minimum Gasteiger partial charge on any atom is -0.423 e. The van der Waals surface area contributed by atoms with Crippen molar-refractivity contribution in [1.82, 2.24) is 5.32 Å². The maximum atomic E-state index is 11.4. The van der Waals surface area contributed by atoms with Gasteiger partial charge in [-0.05, 0) is 23.9 Å². The summed E-state index contributed by atoms with van der Waals surface area (Å²) in [6.45, 7) is 0.440. The highest BCUT2D eigenvalue weighted by atomic mass is 16.4. The van der Waals surface area contributed by atoms with Crippen LogP contribution in [0, 0.1) is 5.92 Å². The molecule has 1 aromatic rings. The van der Waals surface area contributed by atoms with Crippen molar-refractivity contribution in [2.75, 3.05) is 0 Å². The monoisotopic (exact) mass is 219 g/mol. The fourth-order valence-corrected chi connectivity index (χ4v) is 1.54. The van der Waals surface area contributed by atoms with Gasteiger partial charge in [-0.1, -0.05) is 24.3 Å². The fraction of sp³-hybridized carbons (Fsp3) is 0.364. The average molecular weight is 219 g/mol. The lowest BCUT2D eigenvalue weighted by molar-refractivity contribution is -0.122. The summed E-state index contributed by atoms with van der Waals surface area (Å²) in [7, 11) is -1.46. The van der Waals surface area contributed by atoms with Crippen LogP contribution >= 0.6 is 0 Å². The zero-order chi connectivity index (χ0) is 11.5. The summed E-state index contributed by atoms with van der Waals surface area (Å²) in [6, 6.07) is 6.90. The zero-order valence-electron chi connectivity index (χ0n) is 8.89. The van der Waals surface area contributed by atoms with Crippen molar-refractivity contribution < 1.29 is 14.8 Å². The lowest BCUT2D eigenvalue weighted by Gasteiger charge is -2.06. The molecule has 3 N–H and O–H groups in total. The van der Waals surface area contributed by atoms with Crippen LogP contribution in [-0.4, -0.2) is 23.1 Å². The standard InChI is InChI=1S/C11H14BNO3/c14-11(9-4-5-9)13-7-8-2-1-3-10(6-8)12(15)16/h1-3,6,9,15-16H,4-5,7H2,(H,13,14). The Morgan fingerprint density at radius 3 is 2.81 bits per heavy atom. The van der Waals surface area contributed by atoms with Crippen LogP contribution in [-0.2, 0) is 11.3 Å². The minimum absolute atomic E-state index is 0.0925. The maximum absolute atomic E-state index is 11.4. The van der Waals surface area contributed by atoms with E-state index < -0.39 is 7.12 Å². The normalized spacial score (nSPS) is 14.6. The number of nitrogens with one attached hydrogen (secondary N) is 1. The molecule has 0 radical (unpaired) electrons. The van der Waals surface area contributed by atoms with E-state index in [1.165, 1.54) is 0 Å². The molecule has 1 aromatic carbocycles. The first kappa shape index (κ1) is 11.2. The van der Waals surface area contributed by atoms with E-state index in [1.807, 2.05) is 6.07 Å². The number of benzene rings is 1. The predicted molar refractivity (Wildman–Crippen MR) is 60.8 cm³/mol. The van der Waals surface area contributed by atoms with Crippen molar-refractivity contribution in [2.45, 2.75) is 19.4 Å². The Morgan fingerprint density at radius 1 is 1.44 bits per heavy atom. The molecule has 0 aromatic heterocycles. The van der Waals surface area contributed by atoms with E-state index in [9.17, 15) is 4.79 Å². The lowest BCUT2D eigenvalue weighted by Crippen LogP contribution is -2.31. The summed E-state index contributed by atoms with van der Waals surface area (Å²) < 4.78 is 0. The number of carbonyl (C=O) groups excluding carboxylic acids is 1. The number of rotatable bonds is 4. The summed E-state index contributed by atoms with van der Waals surface area (Å²) in [5, 5.41) is 20.8. The van der Waals surface area contributed by atoms with Crippen LogP contribution in [0.4, 0.5) is 0 Å². The molecule has 0 bridgehead atoms. The SMILES string of the molecule is O=C(NCc1cccc(B(O)O)c1)C1CC1. The molecule has 0 atom stereocenters. The van der Waals surface area contributed by atoms with Crippen molar-refractivity contribution in [3.05, 3.63) is 29.8 Å². The van der Waals surface area contributed by atoms with Crippen LogP contribution in [0.15, 0.2) is 24.3 Å². The van der Waals surface area contributed by atoms with E-state index >= 15 is 0 Å². The highest BCUT2D eigenvalue weighted by molar-refractivity contribution is 6.58. The van der Waals surface area contributed by atoms with Crippen LogP contribution in [0.5, 0.6) is 0 Å². The smallest absolute Gasteiger partial charge is 0.423 e. The van der Waals surface area contributed by atoms with Crippen LogP contribution in [0.2, 0.25) is 0 Å². The molecule has 0 saturated heterocycles. The molecule has 1 aliphatic rings. The topological polar surface area (TPSA) is 69.6 Å². The van der Waals surface area contributed by atoms with Crippen molar-refractivity contribution in [3.63, 3.8) is 0 Å². The Balaban J connectivity index is 1.92. The number of amides is 1. The maximum Gasteiger partial charge on any atom is 0.488 e. The van der Waals surface area contributed by atoms with E-state index in [2.05, 4.69) is 5.32 Å². The van der Waals surface area contributed by atoms with Gasteiger partial charge < -0.3 is 15.4 Å². The van der Waals surface area contributed by atoms with E-state index in [4.69, 9.17) is 10.0 Å².